The molecule has 1 atom stereocenters. The molecule has 1 aliphatic heterocycles. The summed E-state index contributed by atoms with van der Waals surface area (Å²) in [6, 6.07) is 38.8. The number of hydrogen-bond donors (Lipinski definition) is 0. The fourth-order valence-electron chi connectivity index (χ4n) is 5.41. The second-order valence-electron chi connectivity index (χ2n) is 10.2. The van der Waals surface area contributed by atoms with Crippen molar-refractivity contribution >= 4 is 10.9 Å². The molecule has 2 heterocycles. The molecule has 1 unspecified atom stereocenters. The maximum Gasteiger partial charge on any atom is 0.119 e. The zero-order valence-corrected chi connectivity index (χ0v) is 21.9. The van der Waals surface area contributed by atoms with E-state index in [1.165, 1.54) is 38.9 Å². The number of ether oxygens (including phenoxy) is 2. The van der Waals surface area contributed by atoms with Gasteiger partial charge in [-0.3, -0.25) is 4.90 Å². The molecule has 0 spiro atoms. The van der Waals surface area contributed by atoms with Crippen molar-refractivity contribution in [2.75, 3.05) is 20.2 Å². The zero-order chi connectivity index (χ0) is 25.7. The molecule has 0 saturated carbocycles. The van der Waals surface area contributed by atoms with Crippen molar-refractivity contribution in [2.24, 2.45) is 0 Å². The molecule has 4 nitrogen and oxygen atoms in total. The van der Waals surface area contributed by atoms with Crippen molar-refractivity contribution in [3.8, 4) is 17.0 Å². The lowest BCUT2D eigenvalue weighted by Gasteiger charge is -2.16. The van der Waals surface area contributed by atoms with Crippen LogP contribution in [-0.2, 0) is 24.4 Å². The fourth-order valence-corrected chi connectivity index (χ4v) is 5.41. The molecule has 0 N–H and O–H groups in total. The Morgan fingerprint density at radius 1 is 0.737 bits per heavy atom. The summed E-state index contributed by atoms with van der Waals surface area (Å²) < 4.78 is 14.0. The maximum absolute atomic E-state index is 6.02. The molecule has 1 aliphatic rings. The minimum Gasteiger partial charge on any atom is -0.489 e. The van der Waals surface area contributed by atoms with Gasteiger partial charge in [-0.05, 0) is 65.1 Å². The summed E-state index contributed by atoms with van der Waals surface area (Å²) in [5, 5.41) is 1.25. The van der Waals surface area contributed by atoms with E-state index in [-0.39, 0.29) is 0 Å². The quantitative estimate of drug-likeness (QED) is 0.214. The van der Waals surface area contributed by atoms with E-state index >= 15 is 0 Å². The highest BCUT2D eigenvalue weighted by atomic mass is 16.5. The maximum atomic E-state index is 6.02. The minimum absolute atomic E-state index is 0.374. The van der Waals surface area contributed by atoms with Gasteiger partial charge in [0.15, 0.2) is 0 Å². The summed E-state index contributed by atoms with van der Waals surface area (Å²) in [4.78, 5) is 2.48. The van der Waals surface area contributed by atoms with E-state index in [4.69, 9.17) is 9.47 Å². The Hall–Kier alpha value is -3.86. The van der Waals surface area contributed by atoms with Crippen LogP contribution in [0.5, 0.6) is 5.75 Å². The number of likely N-dealkylation sites (tertiary alicyclic amines) is 1. The van der Waals surface area contributed by atoms with E-state index in [0.717, 1.165) is 38.3 Å². The van der Waals surface area contributed by atoms with Gasteiger partial charge in [0.25, 0.3) is 0 Å². The Morgan fingerprint density at radius 3 is 2.18 bits per heavy atom. The first-order valence-corrected chi connectivity index (χ1v) is 13.4. The molecule has 0 aliphatic carbocycles. The summed E-state index contributed by atoms with van der Waals surface area (Å²) in [5.74, 6) is 0.880. The van der Waals surface area contributed by atoms with Gasteiger partial charge in [0.05, 0.1) is 6.10 Å². The number of benzene rings is 4. The third kappa shape index (κ3) is 5.52. The molecule has 1 aromatic heterocycles. The normalized spacial score (nSPS) is 15.8. The van der Waals surface area contributed by atoms with Gasteiger partial charge in [0, 0.05) is 49.9 Å². The van der Waals surface area contributed by atoms with Crippen LogP contribution >= 0.6 is 0 Å². The summed E-state index contributed by atoms with van der Waals surface area (Å²) >= 11 is 0. The van der Waals surface area contributed by atoms with Crippen molar-refractivity contribution < 1.29 is 9.47 Å². The molecule has 6 rings (SSSR count). The third-order valence-electron chi connectivity index (χ3n) is 7.54. The van der Waals surface area contributed by atoms with Gasteiger partial charge in [-0.25, -0.2) is 0 Å². The first-order chi connectivity index (χ1) is 18.7. The Kier molecular flexibility index (Phi) is 7.25. The smallest absolute Gasteiger partial charge is 0.119 e. The standard InChI is InChI=1S/C34H34N2O2/c1-37-32-19-20-35(24-32)22-26-11-13-27(14-12-26)23-36-33-10-6-5-9-30(33)21-34(36)29-15-17-31(18-16-29)38-25-28-7-3-2-4-8-28/h2-18,21,32H,19-20,22-25H2,1H3. The second-order valence-corrected chi connectivity index (χ2v) is 10.2. The van der Waals surface area contributed by atoms with Gasteiger partial charge in [-0.15, -0.1) is 0 Å². The number of hydrogen-bond acceptors (Lipinski definition) is 3. The van der Waals surface area contributed by atoms with Crippen molar-refractivity contribution in [1.29, 1.82) is 0 Å². The molecule has 4 aromatic carbocycles. The molecule has 0 radical (unpaired) electrons. The van der Waals surface area contributed by atoms with Crippen LogP contribution in [0.25, 0.3) is 22.2 Å². The van der Waals surface area contributed by atoms with E-state index in [1.54, 1.807) is 0 Å². The largest absolute Gasteiger partial charge is 0.489 e. The summed E-state index contributed by atoms with van der Waals surface area (Å²) in [5.41, 5.74) is 7.48. The molecule has 5 aromatic rings. The number of aromatic nitrogens is 1. The zero-order valence-electron chi connectivity index (χ0n) is 21.9. The Bertz CT molecular complexity index is 1470. The van der Waals surface area contributed by atoms with Gasteiger partial charge in [-0.2, -0.15) is 0 Å². The topological polar surface area (TPSA) is 26.6 Å². The van der Waals surface area contributed by atoms with E-state index in [0.29, 0.717) is 12.7 Å². The van der Waals surface area contributed by atoms with Crippen LogP contribution in [0.15, 0.2) is 109 Å². The van der Waals surface area contributed by atoms with Gasteiger partial charge >= 0.3 is 0 Å². The number of fused-ring (bicyclic) bond motifs is 1. The monoisotopic (exact) mass is 502 g/mol. The minimum atomic E-state index is 0.374. The average Bonchev–Trinajstić information content (AvgIpc) is 3.58. The highest BCUT2D eigenvalue weighted by molar-refractivity contribution is 5.87. The molecule has 0 amide bonds. The summed E-state index contributed by atoms with van der Waals surface area (Å²) in [6.45, 7) is 4.50. The van der Waals surface area contributed by atoms with E-state index in [9.17, 15) is 0 Å². The Balaban J connectivity index is 1.20. The fraction of sp³-hybridized carbons (Fsp3) is 0.235. The lowest BCUT2D eigenvalue weighted by molar-refractivity contribution is 0.107. The molecule has 1 fully saturated rings. The SMILES string of the molecule is COC1CCN(Cc2ccc(Cn3c(-c4ccc(OCc5ccccc5)cc4)cc4ccccc43)cc2)C1. The predicted molar refractivity (Wildman–Crippen MR) is 154 cm³/mol. The van der Waals surface area contributed by atoms with Crippen LogP contribution in [0.4, 0.5) is 0 Å². The van der Waals surface area contributed by atoms with Gasteiger partial charge < -0.3 is 14.0 Å². The molecular weight excluding hydrogens is 468 g/mol. The highest BCUT2D eigenvalue weighted by Crippen LogP contribution is 2.30. The number of rotatable bonds is 9. The number of nitrogens with zero attached hydrogens (tertiary/aromatic N) is 2. The van der Waals surface area contributed by atoms with E-state index in [1.807, 2.05) is 25.3 Å². The van der Waals surface area contributed by atoms with Crippen molar-refractivity contribution in [3.63, 3.8) is 0 Å². The van der Waals surface area contributed by atoms with Gasteiger partial charge in [0.1, 0.15) is 12.4 Å². The van der Waals surface area contributed by atoms with E-state index < -0.39 is 0 Å². The number of para-hydroxylation sites is 1. The average molecular weight is 503 g/mol. The molecule has 38 heavy (non-hydrogen) atoms. The van der Waals surface area contributed by atoms with E-state index in [2.05, 4.69) is 100 Å². The Labute approximate surface area is 225 Å². The molecule has 1 saturated heterocycles. The summed E-state index contributed by atoms with van der Waals surface area (Å²) in [6.07, 6.45) is 1.50. The molecular formula is C34H34N2O2. The highest BCUT2D eigenvalue weighted by Gasteiger charge is 2.21. The lowest BCUT2D eigenvalue weighted by Crippen LogP contribution is -2.22. The van der Waals surface area contributed by atoms with Crippen LogP contribution in [0.3, 0.4) is 0 Å². The lowest BCUT2D eigenvalue weighted by atomic mass is 10.1. The summed E-state index contributed by atoms with van der Waals surface area (Å²) in [7, 11) is 1.82. The molecule has 0 bridgehead atoms. The van der Waals surface area contributed by atoms with Crippen LogP contribution < -0.4 is 4.74 Å². The van der Waals surface area contributed by atoms with Gasteiger partial charge in [-0.1, -0.05) is 72.8 Å². The third-order valence-corrected chi connectivity index (χ3v) is 7.54. The van der Waals surface area contributed by atoms with Crippen molar-refractivity contribution in [3.05, 3.63) is 126 Å². The second kappa shape index (κ2) is 11.3. The van der Waals surface area contributed by atoms with Crippen LogP contribution in [0, 0.1) is 0 Å². The van der Waals surface area contributed by atoms with Crippen molar-refractivity contribution in [2.45, 2.75) is 32.2 Å². The molecule has 192 valence electrons. The molecule has 4 heteroatoms. The van der Waals surface area contributed by atoms with Crippen molar-refractivity contribution in [1.82, 2.24) is 9.47 Å². The first-order valence-electron chi connectivity index (χ1n) is 13.4. The predicted octanol–water partition coefficient (Wildman–Crippen LogP) is 7.16. The van der Waals surface area contributed by atoms with Gasteiger partial charge in [0.2, 0.25) is 0 Å². The van der Waals surface area contributed by atoms with Crippen LogP contribution in [0.1, 0.15) is 23.1 Å². The van der Waals surface area contributed by atoms with Crippen LogP contribution in [-0.4, -0.2) is 35.8 Å². The first kappa shape index (κ1) is 24.5. The van der Waals surface area contributed by atoms with Crippen LogP contribution in [0.2, 0.25) is 0 Å². The Morgan fingerprint density at radius 2 is 1.45 bits per heavy atom. The number of methoxy groups -OCH3 is 1.